The Morgan fingerprint density at radius 3 is 2.13 bits per heavy atom. The molecule has 0 saturated carbocycles. The first-order valence-corrected chi connectivity index (χ1v) is 23.9. The molecule has 0 bridgehead atoms. The fourth-order valence-corrected chi connectivity index (χ4v) is 10.1. The first-order chi connectivity index (χ1) is 34.1. The quantitative estimate of drug-likeness (QED) is 0.0665. The second-order valence-electron chi connectivity index (χ2n) is 18.1. The van der Waals surface area contributed by atoms with Gasteiger partial charge in [-0.15, -0.1) is 0 Å². The van der Waals surface area contributed by atoms with Gasteiger partial charge in [-0.25, -0.2) is 0 Å². The molecular formula is C55H60N4O11. The zero-order valence-corrected chi connectivity index (χ0v) is 40.2. The van der Waals surface area contributed by atoms with Gasteiger partial charge in [0.2, 0.25) is 0 Å². The average molecular weight is 953 g/mol. The highest BCUT2D eigenvalue weighted by molar-refractivity contribution is 6.12. The molecule has 15 nitrogen and oxygen atoms in total. The Morgan fingerprint density at radius 2 is 1.40 bits per heavy atom. The zero-order chi connectivity index (χ0) is 48.7. The highest BCUT2D eigenvalue weighted by Gasteiger charge is 2.41. The van der Waals surface area contributed by atoms with Crippen LogP contribution in [0.5, 0.6) is 23.0 Å². The van der Waals surface area contributed by atoms with E-state index in [1.165, 1.54) is 5.56 Å². The van der Waals surface area contributed by atoms with Crippen molar-refractivity contribution in [3.8, 4) is 23.0 Å². The molecule has 5 aromatic rings. The number of carbonyl (C=O) groups excluding carboxylic acids is 2. The molecule has 15 heteroatoms. The molecule has 4 aliphatic rings. The number of nitrogens with zero attached hydrogens (tertiary/aromatic N) is 4. The molecule has 3 atom stereocenters. The van der Waals surface area contributed by atoms with Gasteiger partial charge in [-0.05, 0) is 83.5 Å². The lowest BCUT2D eigenvalue weighted by Gasteiger charge is -2.26. The van der Waals surface area contributed by atoms with Crippen molar-refractivity contribution in [2.45, 2.75) is 50.9 Å². The minimum absolute atomic E-state index is 0.000664. The number of hydrogen-bond donors (Lipinski definition) is 1. The summed E-state index contributed by atoms with van der Waals surface area (Å²) in [5.41, 5.74) is 9.03. The fraction of sp³-hybridized carbons (Fsp3) is 0.382. The Hall–Kier alpha value is -6.94. The highest BCUT2D eigenvalue weighted by Crippen LogP contribution is 2.46. The van der Waals surface area contributed by atoms with E-state index in [0.717, 1.165) is 52.2 Å². The van der Waals surface area contributed by atoms with E-state index in [-0.39, 0.29) is 49.2 Å². The van der Waals surface area contributed by atoms with E-state index < -0.39 is 5.97 Å². The standard InChI is InChI=1S/C55H60N4O11/c1-57-32-41-26-38-11-6-8-13-46(38)59(41)55(63)44-28-49(66-4)51(30-47(44)57)70-34-36-22-35(23-40(24-36)58(15-9-14-52(60)61)16-17-67-20-21-68-19-18-64-2)33-69-50-29-45-43(27-48(50)65-3)54(62)53-39(31-56-45)25-37-10-5-7-12-42(37)53/h5-8,10-13,22-24,27-31,39,41,53H,9,14-21,25-26,32-34H2,1-4H3,(H,60,61)/t39-,41-,53?/m0/s1. The van der Waals surface area contributed by atoms with E-state index in [4.69, 9.17) is 38.2 Å². The van der Waals surface area contributed by atoms with Crippen molar-refractivity contribution >= 4 is 46.6 Å². The predicted octanol–water partition coefficient (Wildman–Crippen LogP) is 8.09. The Labute approximate surface area is 408 Å². The molecule has 1 amide bonds. The van der Waals surface area contributed by atoms with Crippen molar-refractivity contribution in [1.82, 2.24) is 0 Å². The van der Waals surface area contributed by atoms with Crippen molar-refractivity contribution in [1.29, 1.82) is 0 Å². The van der Waals surface area contributed by atoms with Crippen molar-refractivity contribution < 1.29 is 52.6 Å². The SMILES string of the molecule is COCCOCCOCCN(CCCC(=O)O)c1cc(COc2cc3c(cc2OC)C(=O)C2c4ccccc4C[C@H]2C=N3)cc(COc2cc3c(cc2OC)C(=O)N2c4ccccc4C[C@H]2CN3C)c1. The van der Waals surface area contributed by atoms with E-state index in [9.17, 15) is 19.5 Å². The van der Waals surface area contributed by atoms with E-state index in [0.29, 0.717) is 98.9 Å². The first kappa shape index (κ1) is 48.1. The van der Waals surface area contributed by atoms with Crippen LogP contribution >= 0.6 is 0 Å². The normalized spacial score (nSPS) is 17.4. The van der Waals surface area contributed by atoms with Gasteiger partial charge in [0.25, 0.3) is 5.91 Å². The first-order valence-electron chi connectivity index (χ1n) is 23.9. The summed E-state index contributed by atoms with van der Waals surface area (Å²) < 4.78 is 41.5. The number of aliphatic imine (C=N–C) groups is 1. The zero-order valence-electron chi connectivity index (χ0n) is 40.2. The van der Waals surface area contributed by atoms with Crippen LogP contribution in [0, 0.1) is 5.92 Å². The molecular weight excluding hydrogens is 893 g/mol. The monoisotopic (exact) mass is 952 g/mol. The third kappa shape index (κ3) is 10.3. The summed E-state index contributed by atoms with van der Waals surface area (Å²) in [5, 5.41) is 9.58. The van der Waals surface area contributed by atoms with Gasteiger partial charge in [0, 0.05) is 81.4 Å². The second-order valence-corrected chi connectivity index (χ2v) is 18.1. The lowest BCUT2D eigenvalue weighted by molar-refractivity contribution is -0.137. The van der Waals surface area contributed by atoms with Crippen LogP contribution in [0.4, 0.5) is 22.7 Å². The summed E-state index contributed by atoms with van der Waals surface area (Å²) in [5.74, 6) is 0.431. The van der Waals surface area contributed by atoms with Gasteiger partial charge >= 0.3 is 5.97 Å². The van der Waals surface area contributed by atoms with Crippen molar-refractivity contribution in [3.63, 3.8) is 0 Å². The summed E-state index contributed by atoms with van der Waals surface area (Å²) in [6.45, 7) is 3.94. The number of carboxylic acid groups (broad SMARTS) is 1. The average Bonchev–Trinajstić information content (AvgIpc) is 3.87. The number of benzene rings is 5. The molecule has 1 N–H and O–H groups in total. The summed E-state index contributed by atoms with van der Waals surface area (Å²) in [6, 6.07) is 29.3. The molecule has 1 aliphatic carbocycles. The number of amides is 1. The Kier molecular flexibility index (Phi) is 15.0. The Morgan fingerprint density at radius 1 is 0.729 bits per heavy atom. The van der Waals surface area contributed by atoms with Gasteiger partial charge in [0.05, 0.1) is 76.2 Å². The molecule has 0 aromatic heterocycles. The highest BCUT2D eigenvalue weighted by atomic mass is 16.5. The number of carbonyl (C=O) groups is 3. The van der Waals surface area contributed by atoms with Gasteiger partial charge in [-0.2, -0.15) is 0 Å². The molecule has 70 heavy (non-hydrogen) atoms. The summed E-state index contributed by atoms with van der Waals surface area (Å²) in [6.07, 6.45) is 3.83. The maximum absolute atomic E-state index is 14.3. The van der Waals surface area contributed by atoms with E-state index in [1.54, 1.807) is 39.5 Å². The van der Waals surface area contributed by atoms with E-state index in [1.807, 2.05) is 78.8 Å². The van der Waals surface area contributed by atoms with Gasteiger partial charge in [0.15, 0.2) is 28.8 Å². The second kappa shape index (κ2) is 21.8. The summed E-state index contributed by atoms with van der Waals surface area (Å²) >= 11 is 0. The van der Waals surface area contributed by atoms with Crippen LogP contribution in [0.3, 0.4) is 0 Å². The van der Waals surface area contributed by atoms with Gasteiger partial charge in [-0.1, -0.05) is 42.5 Å². The molecule has 1 unspecified atom stereocenters. The number of ether oxygens (including phenoxy) is 7. The number of methoxy groups -OCH3 is 3. The molecule has 9 rings (SSSR count). The van der Waals surface area contributed by atoms with Gasteiger partial charge in [0.1, 0.15) is 13.2 Å². The molecule has 5 aromatic carbocycles. The van der Waals surface area contributed by atoms with Crippen LogP contribution in [0.25, 0.3) is 0 Å². The number of aliphatic carboxylic acids is 1. The van der Waals surface area contributed by atoms with Crippen LogP contribution < -0.4 is 33.6 Å². The van der Waals surface area contributed by atoms with Crippen LogP contribution in [-0.2, 0) is 45.1 Å². The third-order valence-corrected chi connectivity index (χ3v) is 13.5. The minimum Gasteiger partial charge on any atom is -0.493 e. The molecule has 0 spiro atoms. The molecule has 3 aliphatic heterocycles. The van der Waals surface area contributed by atoms with Crippen LogP contribution in [0.1, 0.15) is 67.3 Å². The van der Waals surface area contributed by atoms with Crippen molar-refractivity contribution in [3.05, 3.63) is 130 Å². The lowest BCUT2D eigenvalue weighted by Crippen LogP contribution is -2.41. The topological polar surface area (TPSA) is 158 Å². The molecule has 0 radical (unpaired) electrons. The number of anilines is 3. The van der Waals surface area contributed by atoms with E-state index >= 15 is 0 Å². The predicted molar refractivity (Wildman–Crippen MR) is 267 cm³/mol. The number of ketones is 1. The van der Waals surface area contributed by atoms with E-state index in [2.05, 4.69) is 21.9 Å². The number of rotatable bonds is 22. The van der Waals surface area contributed by atoms with Gasteiger partial charge < -0.3 is 53.0 Å². The number of Topliss-reactive ketones (excluding diaryl/α,β-unsaturated/α-hetero) is 1. The maximum Gasteiger partial charge on any atom is 0.303 e. The van der Waals surface area contributed by atoms with Crippen LogP contribution in [0.2, 0.25) is 0 Å². The molecule has 0 fully saturated rings. The third-order valence-electron chi connectivity index (χ3n) is 13.5. The largest absolute Gasteiger partial charge is 0.493 e. The van der Waals surface area contributed by atoms with Crippen molar-refractivity contribution in [2.24, 2.45) is 10.9 Å². The number of hydrogen-bond acceptors (Lipinski definition) is 13. The molecule has 366 valence electrons. The summed E-state index contributed by atoms with van der Waals surface area (Å²) in [7, 11) is 6.74. The number of fused-ring (bicyclic) bond motifs is 8. The number of para-hydroxylation sites is 1. The van der Waals surface area contributed by atoms with Crippen molar-refractivity contribution in [2.75, 3.05) is 95.7 Å². The molecule has 3 heterocycles. The Bertz CT molecular complexity index is 2760. The minimum atomic E-state index is -0.873. The fourth-order valence-electron chi connectivity index (χ4n) is 10.1. The Balaban J connectivity index is 0.994. The molecule has 0 saturated heterocycles. The van der Waals surface area contributed by atoms with Crippen LogP contribution in [0.15, 0.2) is 96.0 Å². The lowest BCUT2D eigenvalue weighted by atomic mass is 9.86. The number of likely N-dealkylation sites (N-methyl/N-ethyl adjacent to an activating group) is 1. The number of carboxylic acids is 1. The smallest absolute Gasteiger partial charge is 0.303 e. The van der Waals surface area contributed by atoms with Gasteiger partial charge in [-0.3, -0.25) is 19.4 Å². The summed E-state index contributed by atoms with van der Waals surface area (Å²) in [4.78, 5) is 51.1. The van der Waals surface area contributed by atoms with Crippen LogP contribution in [-0.4, -0.2) is 116 Å². The maximum atomic E-state index is 14.3.